The predicted octanol–water partition coefficient (Wildman–Crippen LogP) is 1.63. The summed E-state index contributed by atoms with van der Waals surface area (Å²) in [6.07, 6.45) is 4.92. The summed E-state index contributed by atoms with van der Waals surface area (Å²) in [5.41, 5.74) is 0.966. The van der Waals surface area contributed by atoms with E-state index in [0.29, 0.717) is 12.8 Å². The number of aromatic nitrogens is 1. The van der Waals surface area contributed by atoms with Crippen LogP contribution in [0.4, 0.5) is 0 Å². The molecular formula is C14H20N2O3. The molecule has 1 aromatic rings. The van der Waals surface area contributed by atoms with Gasteiger partial charge in [-0.2, -0.15) is 0 Å². The fraction of sp³-hybridized carbons (Fsp3) is 0.500. The highest BCUT2D eigenvalue weighted by atomic mass is 16.4. The lowest BCUT2D eigenvalue weighted by atomic mass is 9.99. The van der Waals surface area contributed by atoms with E-state index in [-0.39, 0.29) is 18.2 Å². The molecule has 0 radical (unpaired) electrons. The second-order valence-corrected chi connectivity index (χ2v) is 4.63. The van der Waals surface area contributed by atoms with Gasteiger partial charge in [-0.25, -0.2) is 4.79 Å². The van der Waals surface area contributed by atoms with Crippen LogP contribution < -0.4 is 5.32 Å². The first kappa shape index (κ1) is 15.1. The third-order valence-electron chi connectivity index (χ3n) is 3.16. The average Bonchev–Trinajstić information content (AvgIpc) is 2.42. The number of pyridine rings is 1. The SMILES string of the molecule is CCC(C)[C@H](NC(=O)CCc1cccnc1)C(=O)O. The average molecular weight is 264 g/mol. The minimum Gasteiger partial charge on any atom is -0.480 e. The number of hydrogen-bond acceptors (Lipinski definition) is 3. The number of rotatable bonds is 7. The number of hydrogen-bond donors (Lipinski definition) is 2. The fourth-order valence-electron chi connectivity index (χ4n) is 1.73. The van der Waals surface area contributed by atoms with Crippen molar-refractivity contribution < 1.29 is 14.7 Å². The lowest BCUT2D eigenvalue weighted by Gasteiger charge is -2.20. The molecule has 1 aromatic heterocycles. The first-order valence-corrected chi connectivity index (χ1v) is 6.45. The van der Waals surface area contributed by atoms with Crippen LogP contribution in [-0.2, 0) is 16.0 Å². The van der Waals surface area contributed by atoms with Crippen molar-refractivity contribution in [1.82, 2.24) is 10.3 Å². The van der Waals surface area contributed by atoms with Crippen molar-refractivity contribution in [1.29, 1.82) is 0 Å². The van der Waals surface area contributed by atoms with Gasteiger partial charge in [-0.05, 0) is 24.0 Å². The van der Waals surface area contributed by atoms with E-state index >= 15 is 0 Å². The zero-order chi connectivity index (χ0) is 14.3. The Kier molecular flexibility index (Phi) is 5.99. The number of nitrogens with one attached hydrogen (secondary N) is 1. The molecule has 0 aliphatic heterocycles. The molecule has 1 amide bonds. The van der Waals surface area contributed by atoms with Crippen LogP contribution in [0.15, 0.2) is 24.5 Å². The van der Waals surface area contributed by atoms with Gasteiger partial charge in [0.15, 0.2) is 0 Å². The fourth-order valence-corrected chi connectivity index (χ4v) is 1.73. The van der Waals surface area contributed by atoms with Gasteiger partial charge < -0.3 is 10.4 Å². The van der Waals surface area contributed by atoms with Crippen LogP contribution in [0.1, 0.15) is 32.3 Å². The quantitative estimate of drug-likeness (QED) is 0.784. The summed E-state index contributed by atoms with van der Waals surface area (Å²) >= 11 is 0. The van der Waals surface area contributed by atoms with E-state index in [0.717, 1.165) is 5.56 Å². The summed E-state index contributed by atoms with van der Waals surface area (Å²) in [6.45, 7) is 3.72. The molecule has 0 fully saturated rings. The minimum atomic E-state index is -0.982. The summed E-state index contributed by atoms with van der Waals surface area (Å²) in [6, 6.07) is 2.89. The zero-order valence-electron chi connectivity index (χ0n) is 11.3. The van der Waals surface area contributed by atoms with E-state index in [1.54, 1.807) is 12.4 Å². The van der Waals surface area contributed by atoms with Gasteiger partial charge in [0, 0.05) is 18.8 Å². The molecule has 0 saturated carbocycles. The molecule has 0 aliphatic rings. The molecule has 2 atom stereocenters. The Balaban J connectivity index is 2.47. The Labute approximate surface area is 113 Å². The smallest absolute Gasteiger partial charge is 0.326 e. The monoisotopic (exact) mass is 264 g/mol. The van der Waals surface area contributed by atoms with Gasteiger partial charge in [-0.15, -0.1) is 0 Å². The molecule has 0 spiro atoms. The largest absolute Gasteiger partial charge is 0.480 e. The molecule has 0 aromatic carbocycles. The number of amides is 1. The van der Waals surface area contributed by atoms with Crippen LogP contribution in [0.5, 0.6) is 0 Å². The van der Waals surface area contributed by atoms with Crippen molar-refractivity contribution in [2.45, 2.75) is 39.2 Å². The van der Waals surface area contributed by atoms with Crippen molar-refractivity contribution in [2.75, 3.05) is 0 Å². The predicted molar refractivity (Wildman–Crippen MR) is 71.6 cm³/mol. The summed E-state index contributed by atoms with van der Waals surface area (Å²) in [5.74, 6) is -1.31. The standard InChI is InChI=1S/C14H20N2O3/c1-3-10(2)13(14(18)19)16-12(17)7-6-11-5-4-8-15-9-11/h4-5,8-10,13H,3,6-7H2,1-2H3,(H,16,17)(H,18,19)/t10?,13-/m0/s1. The van der Waals surface area contributed by atoms with Crippen molar-refractivity contribution in [3.05, 3.63) is 30.1 Å². The van der Waals surface area contributed by atoms with Crippen LogP contribution >= 0.6 is 0 Å². The van der Waals surface area contributed by atoms with Gasteiger partial charge in [0.1, 0.15) is 6.04 Å². The molecular weight excluding hydrogens is 244 g/mol. The molecule has 5 heteroatoms. The first-order valence-electron chi connectivity index (χ1n) is 6.45. The number of carboxylic acid groups (broad SMARTS) is 1. The Bertz CT molecular complexity index is 420. The molecule has 5 nitrogen and oxygen atoms in total. The summed E-state index contributed by atoms with van der Waals surface area (Å²) in [5, 5.41) is 11.7. The van der Waals surface area contributed by atoms with Gasteiger partial charge in [0.05, 0.1) is 0 Å². The molecule has 0 aliphatic carbocycles. The lowest BCUT2D eigenvalue weighted by Crippen LogP contribution is -2.45. The van der Waals surface area contributed by atoms with Crippen molar-refractivity contribution in [3.8, 4) is 0 Å². The van der Waals surface area contributed by atoms with E-state index in [1.807, 2.05) is 26.0 Å². The summed E-state index contributed by atoms with van der Waals surface area (Å²) < 4.78 is 0. The maximum absolute atomic E-state index is 11.8. The van der Waals surface area contributed by atoms with Crippen LogP contribution in [-0.4, -0.2) is 28.0 Å². The highest BCUT2D eigenvalue weighted by molar-refractivity contribution is 5.83. The van der Waals surface area contributed by atoms with Gasteiger partial charge in [-0.1, -0.05) is 26.3 Å². The molecule has 19 heavy (non-hydrogen) atoms. The third-order valence-corrected chi connectivity index (χ3v) is 3.16. The van der Waals surface area contributed by atoms with Gasteiger partial charge in [-0.3, -0.25) is 9.78 Å². The molecule has 1 rings (SSSR count). The van der Waals surface area contributed by atoms with Crippen LogP contribution in [0.25, 0.3) is 0 Å². The minimum absolute atomic E-state index is 0.0835. The Hall–Kier alpha value is -1.91. The van der Waals surface area contributed by atoms with Gasteiger partial charge in [0.2, 0.25) is 5.91 Å². The Morgan fingerprint density at radius 1 is 1.47 bits per heavy atom. The first-order chi connectivity index (χ1) is 9.04. The van der Waals surface area contributed by atoms with Crippen molar-refractivity contribution in [2.24, 2.45) is 5.92 Å². The summed E-state index contributed by atoms with van der Waals surface area (Å²) in [7, 11) is 0. The summed E-state index contributed by atoms with van der Waals surface area (Å²) in [4.78, 5) is 26.8. The Morgan fingerprint density at radius 2 is 2.21 bits per heavy atom. The van der Waals surface area contributed by atoms with Gasteiger partial charge in [0.25, 0.3) is 0 Å². The maximum atomic E-state index is 11.8. The molecule has 104 valence electrons. The zero-order valence-corrected chi connectivity index (χ0v) is 11.3. The number of carbonyl (C=O) groups is 2. The molecule has 1 heterocycles. The molecule has 0 saturated heterocycles. The normalized spacial score (nSPS) is 13.6. The van der Waals surface area contributed by atoms with E-state index in [2.05, 4.69) is 10.3 Å². The second kappa shape index (κ2) is 7.51. The topological polar surface area (TPSA) is 79.3 Å². The van der Waals surface area contributed by atoms with E-state index < -0.39 is 12.0 Å². The number of carboxylic acids is 1. The Morgan fingerprint density at radius 3 is 2.74 bits per heavy atom. The highest BCUT2D eigenvalue weighted by Gasteiger charge is 2.24. The maximum Gasteiger partial charge on any atom is 0.326 e. The number of carbonyl (C=O) groups excluding carboxylic acids is 1. The van der Waals surface area contributed by atoms with E-state index in [1.165, 1.54) is 0 Å². The molecule has 2 N–H and O–H groups in total. The number of aryl methyl sites for hydroxylation is 1. The van der Waals surface area contributed by atoms with E-state index in [9.17, 15) is 9.59 Å². The molecule has 0 bridgehead atoms. The van der Waals surface area contributed by atoms with Gasteiger partial charge >= 0.3 is 5.97 Å². The van der Waals surface area contributed by atoms with Crippen LogP contribution in [0.3, 0.4) is 0 Å². The second-order valence-electron chi connectivity index (χ2n) is 4.63. The van der Waals surface area contributed by atoms with E-state index in [4.69, 9.17) is 5.11 Å². The van der Waals surface area contributed by atoms with Crippen molar-refractivity contribution in [3.63, 3.8) is 0 Å². The molecule has 1 unspecified atom stereocenters. The van der Waals surface area contributed by atoms with Crippen LogP contribution in [0.2, 0.25) is 0 Å². The number of aliphatic carboxylic acids is 1. The van der Waals surface area contributed by atoms with Crippen molar-refractivity contribution >= 4 is 11.9 Å². The third kappa shape index (κ3) is 5.07. The highest BCUT2D eigenvalue weighted by Crippen LogP contribution is 2.08. The number of nitrogens with zero attached hydrogens (tertiary/aromatic N) is 1. The van der Waals surface area contributed by atoms with Crippen LogP contribution in [0, 0.1) is 5.92 Å². The lowest BCUT2D eigenvalue weighted by molar-refractivity contribution is -0.143.